The van der Waals surface area contributed by atoms with Crippen LogP contribution in [0.5, 0.6) is 5.75 Å². The molecule has 2 heteroatoms. The fourth-order valence-electron chi connectivity index (χ4n) is 2.78. The molecule has 2 nitrogen and oxygen atoms in total. The zero-order valence-electron chi connectivity index (χ0n) is 12.8. The van der Waals surface area contributed by atoms with Gasteiger partial charge in [-0.25, -0.2) is 0 Å². The topological polar surface area (TPSA) is 26.3 Å². The molecule has 0 saturated heterocycles. The van der Waals surface area contributed by atoms with Crippen molar-refractivity contribution in [1.82, 2.24) is 0 Å². The second-order valence-electron chi connectivity index (χ2n) is 5.37. The Morgan fingerprint density at radius 1 is 1.09 bits per heavy atom. The number of methoxy groups -OCH3 is 1. The van der Waals surface area contributed by atoms with E-state index in [2.05, 4.69) is 19.1 Å². The minimum absolute atomic E-state index is 0.0294. The number of ether oxygens (including phenoxy) is 1. The molecule has 0 amide bonds. The summed E-state index contributed by atoms with van der Waals surface area (Å²) in [5, 5.41) is 0. The lowest BCUT2D eigenvalue weighted by Crippen LogP contribution is -2.06. The van der Waals surface area contributed by atoms with Crippen molar-refractivity contribution in [2.24, 2.45) is 0 Å². The van der Waals surface area contributed by atoms with E-state index in [1.54, 1.807) is 7.11 Å². The summed E-state index contributed by atoms with van der Waals surface area (Å²) in [6.07, 6.45) is 5.11. The maximum atomic E-state index is 12.9. The van der Waals surface area contributed by atoms with Gasteiger partial charge in [0.2, 0.25) is 0 Å². The summed E-state index contributed by atoms with van der Waals surface area (Å²) in [6.45, 7) is 2.08. The van der Waals surface area contributed by atoms with E-state index < -0.39 is 0 Å². The Morgan fingerprint density at radius 3 is 2.50 bits per heavy atom. The largest absolute Gasteiger partial charge is 0.497 e. The average molecular weight is 290 g/mol. The van der Waals surface area contributed by atoms with Crippen molar-refractivity contribution < 1.29 is 9.53 Å². The fraction of sp³-hybridized carbons (Fsp3) is 0.150. The highest BCUT2D eigenvalue weighted by atomic mass is 16.5. The van der Waals surface area contributed by atoms with Crippen LogP contribution in [-0.2, 0) is 0 Å². The molecule has 0 aliphatic heterocycles. The molecule has 0 N–H and O–H groups in total. The number of carbonyl (C=O) groups is 1. The van der Waals surface area contributed by atoms with Gasteiger partial charge >= 0.3 is 0 Å². The molecule has 0 aromatic heterocycles. The van der Waals surface area contributed by atoms with Crippen molar-refractivity contribution in [3.05, 3.63) is 82.9 Å². The van der Waals surface area contributed by atoms with Gasteiger partial charge in [0.25, 0.3) is 0 Å². The summed E-state index contributed by atoms with van der Waals surface area (Å²) in [5.74, 6) is 0.731. The van der Waals surface area contributed by atoms with Crippen LogP contribution in [0.15, 0.2) is 66.3 Å². The number of hydrogen-bond acceptors (Lipinski definition) is 2. The summed E-state index contributed by atoms with van der Waals surface area (Å²) in [7, 11) is 1.62. The van der Waals surface area contributed by atoms with Crippen LogP contribution in [0.3, 0.4) is 0 Å². The average Bonchev–Trinajstić information content (AvgIpc) is 3.00. The molecule has 3 rings (SSSR count). The molecule has 0 atom stereocenters. The summed E-state index contributed by atoms with van der Waals surface area (Å²) < 4.78 is 5.30. The Balaban J connectivity index is 2.12. The van der Waals surface area contributed by atoms with Crippen LogP contribution in [0.25, 0.3) is 5.57 Å². The Morgan fingerprint density at radius 2 is 1.86 bits per heavy atom. The van der Waals surface area contributed by atoms with Gasteiger partial charge in [-0.15, -0.1) is 0 Å². The molecule has 0 saturated carbocycles. The predicted octanol–water partition coefficient (Wildman–Crippen LogP) is 4.66. The van der Waals surface area contributed by atoms with Crippen LogP contribution in [0.1, 0.15) is 34.8 Å². The predicted molar refractivity (Wildman–Crippen MR) is 89.2 cm³/mol. The van der Waals surface area contributed by atoms with Crippen molar-refractivity contribution in [2.75, 3.05) is 7.11 Å². The van der Waals surface area contributed by atoms with Gasteiger partial charge in [0, 0.05) is 11.1 Å². The first kappa shape index (κ1) is 14.3. The van der Waals surface area contributed by atoms with Crippen molar-refractivity contribution in [3.8, 4) is 5.75 Å². The van der Waals surface area contributed by atoms with Gasteiger partial charge in [-0.3, -0.25) is 4.79 Å². The molecule has 110 valence electrons. The minimum Gasteiger partial charge on any atom is -0.497 e. The highest BCUT2D eigenvalue weighted by molar-refractivity contribution is 6.12. The van der Waals surface area contributed by atoms with E-state index in [9.17, 15) is 4.79 Å². The molecule has 0 spiro atoms. The number of carbonyl (C=O) groups excluding carboxylic acids is 1. The van der Waals surface area contributed by atoms with Crippen LogP contribution in [0.4, 0.5) is 0 Å². The second-order valence-corrected chi connectivity index (χ2v) is 5.37. The highest BCUT2D eigenvalue weighted by Gasteiger charge is 2.19. The number of rotatable bonds is 4. The van der Waals surface area contributed by atoms with E-state index in [4.69, 9.17) is 4.74 Å². The van der Waals surface area contributed by atoms with Gasteiger partial charge in [-0.2, -0.15) is 0 Å². The summed E-state index contributed by atoms with van der Waals surface area (Å²) in [6, 6.07) is 15.1. The third kappa shape index (κ3) is 2.60. The molecule has 0 heterocycles. The Labute approximate surface area is 130 Å². The van der Waals surface area contributed by atoms with Crippen LogP contribution >= 0.6 is 0 Å². The van der Waals surface area contributed by atoms with E-state index in [0.29, 0.717) is 16.9 Å². The lowest BCUT2D eigenvalue weighted by Gasteiger charge is -2.13. The number of hydrogen-bond donors (Lipinski definition) is 0. The maximum Gasteiger partial charge on any atom is 0.193 e. The fourth-order valence-corrected chi connectivity index (χ4v) is 2.78. The molecule has 2 aromatic carbocycles. The molecule has 1 aliphatic rings. The molecule has 0 bridgehead atoms. The van der Waals surface area contributed by atoms with Gasteiger partial charge in [-0.05, 0) is 42.2 Å². The van der Waals surface area contributed by atoms with E-state index >= 15 is 0 Å². The van der Waals surface area contributed by atoms with Crippen LogP contribution < -0.4 is 4.74 Å². The SMILES string of the molecule is COc1ccc(C2=C(C)C=CC2)c(C(=O)c2ccccc2)c1. The lowest BCUT2D eigenvalue weighted by atomic mass is 9.91. The zero-order chi connectivity index (χ0) is 15.5. The van der Waals surface area contributed by atoms with Crippen molar-refractivity contribution in [2.45, 2.75) is 13.3 Å². The van der Waals surface area contributed by atoms with Gasteiger partial charge in [0.15, 0.2) is 5.78 Å². The summed E-state index contributed by atoms with van der Waals surface area (Å²) >= 11 is 0. The van der Waals surface area contributed by atoms with E-state index in [1.807, 2.05) is 48.5 Å². The maximum absolute atomic E-state index is 12.9. The smallest absolute Gasteiger partial charge is 0.193 e. The van der Waals surface area contributed by atoms with Crippen LogP contribution in [0.2, 0.25) is 0 Å². The number of benzene rings is 2. The van der Waals surface area contributed by atoms with Gasteiger partial charge in [0.05, 0.1) is 7.11 Å². The Hall–Kier alpha value is -2.61. The van der Waals surface area contributed by atoms with E-state index in [0.717, 1.165) is 12.0 Å². The second kappa shape index (κ2) is 6.02. The normalized spacial score (nSPS) is 13.5. The first-order valence-corrected chi connectivity index (χ1v) is 7.35. The lowest BCUT2D eigenvalue weighted by molar-refractivity contribution is 0.103. The van der Waals surface area contributed by atoms with Crippen molar-refractivity contribution >= 4 is 11.4 Å². The monoisotopic (exact) mass is 290 g/mol. The van der Waals surface area contributed by atoms with Gasteiger partial charge in [-0.1, -0.05) is 48.6 Å². The Kier molecular flexibility index (Phi) is 3.92. The quantitative estimate of drug-likeness (QED) is 0.765. The standard InChI is InChI=1S/C20H18O2/c1-14-7-6-10-17(14)18-12-11-16(22-2)13-19(18)20(21)15-8-4-3-5-9-15/h3-9,11-13H,10H2,1-2H3. The summed E-state index contributed by atoms with van der Waals surface area (Å²) in [4.78, 5) is 12.9. The van der Waals surface area contributed by atoms with E-state index in [1.165, 1.54) is 11.1 Å². The molecule has 2 aromatic rings. The molecule has 0 radical (unpaired) electrons. The first-order valence-electron chi connectivity index (χ1n) is 7.35. The minimum atomic E-state index is 0.0294. The molecule has 22 heavy (non-hydrogen) atoms. The third-order valence-corrected chi connectivity index (χ3v) is 4.00. The molecular formula is C20H18O2. The third-order valence-electron chi connectivity index (χ3n) is 4.00. The van der Waals surface area contributed by atoms with Gasteiger partial charge in [0.1, 0.15) is 5.75 Å². The molecule has 0 fully saturated rings. The first-order chi connectivity index (χ1) is 10.7. The van der Waals surface area contributed by atoms with E-state index in [-0.39, 0.29) is 5.78 Å². The molecule has 0 unspecified atom stereocenters. The molecule has 1 aliphatic carbocycles. The van der Waals surface area contributed by atoms with Gasteiger partial charge < -0.3 is 4.74 Å². The van der Waals surface area contributed by atoms with Crippen molar-refractivity contribution in [1.29, 1.82) is 0 Å². The van der Waals surface area contributed by atoms with Crippen LogP contribution in [-0.4, -0.2) is 12.9 Å². The highest BCUT2D eigenvalue weighted by Crippen LogP contribution is 2.33. The number of ketones is 1. The molecular weight excluding hydrogens is 272 g/mol. The number of allylic oxidation sites excluding steroid dienone is 4. The zero-order valence-corrected chi connectivity index (χ0v) is 12.8. The summed E-state index contributed by atoms with van der Waals surface area (Å²) in [5.41, 5.74) is 4.82. The van der Waals surface area contributed by atoms with Crippen LogP contribution in [0, 0.1) is 0 Å². The Bertz CT molecular complexity index is 768. The van der Waals surface area contributed by atoms with Crippen molar-refractivity contribution in [3.63, 3.8) is 0 Å².